The molecular weight excluding hydrogens is 350 g/mol. The molecule has 0 aliphatic carbocycles. The van der Waals surface area contributed by atoms with Gasteiger partial charge < -0.3 is 10.6 Å². The Hall–Kier alpha value is -1.44. The zero-order valence-electron chi connectivity index (χ0n) is 15.4. The Labute approximate surface area is 156 Å². The lowest BCUT2D eigenvalue weighted by Gasteiger charge is -2.32. The number of rotatable bonds is 5. The van der Waals surface area contributed by atoms with Crippen LogP contribution >= 0.6 is 0 Å². The van der Waals surface area contributed by atoms with Crippen LogP contribution < -0.4 is 10.6 Å². The van der Waals surface area contributed by atoms with E-state index in [4.69, 9.17) is 0 Å². The van der Waals surface area contributed by atoms with E-state index in [2.05, 4.69) is 10.6 Å². The highest BCUT2D eigenvalue weighted by molar-refractivity contribution is 7.89. The molecule has 26 heavy (non-hydrogen) atoms. The minimum Gasteiger partial charge on any atom is -0.355 e. The molecule has 2 saturated heterocycles. The molecule has 0 aromatic heterocycles. The van der Waals surface area contributed by atoms with Crippen molar-refractivity contribution in [1.82, 2.24) is 14.9 Å². The minimum absolute atomic E-state index is 0.0145. The zero-order chi connectivity index (χ0) is 18.6. The maximum absolute atomic E-state index is 12.9. The van der Waals surface area contributed by atoms with Gasteiger partial charge in [-0.05, 0) is 63.7 Å². The summed E-state index contributed by atoms with van der Waals surface area (Å²) in [7, 11) is -3.54. The van der Waals surface area contributed by atoms with Gasteiger partial charge in [-0.15, -0.1) is 0 Å². The fourth-order valence-corrected chi connectivity index (χ4v) is 5.25. The lowest BCUT2D eigenvalue weighted by Crippen LogP contribution is -2.47. The van der Waals surface area contributed by atoms with Crippen molar-refractivity contribution in [2.75, 3.05) is 32.7 Å². The van der Waals surface area contributed by atoms with E-state index in [-0.39, 0.29) is 18.4 Å². The van der Waals surface area contributed by atoms with E-state index in [0.29, 0.717) is 30.3 Å². The molecule has 2 aliphatic rings. The van der Waals surface area contributed by atoms with Gasteiger partial charge in [-0.3, -0.25) is 4.79 Å². The number of nitrogens with zero attached hydrogens (tertiary/aromatic N) is 1. The molecule has 1 amide bonds. The van der Waals surface area contributed by atoms with E-state index >= 15 is 0 Å². The topological polar surface area (TPSA) is 78.5 Å². The highest BCUT2D eigenvalue weighted by Gasteiger charge is 2.33. The van der Waals surface area contributed by atoms with Crippen molar-refractivity contribution in [3.8, 4) is 0 Å². The summed E-state index contributed by atoms with van der Waals surface area (Å²) in [6.07, 6.45) is 3.74. The highest BCUT2D eigenvalue weighted by atomic mass is 32.2. The number of nitrogens with one attached hydrogen (secondary N) is 2. The van der Waals surface area contributed by atoms with Crippen molar-refractivity contribution in [2.24, 2.45) is 11.8 Å². The molecule has 1 aromatic rings. The molecule has 0 radical (unpaired) electrons. The number of aryl methyl sites for hydroxylation is 1. The maximum atomic E-state index is 12.9. The molecule has 0 spiro atoms. The van der Waals surface area contributed by atoms with E-state index in [1.54, 1.807) is 24.3 Å². The number of piperidine rings is 2. The molecular formula is C19H29N3O3S. The molecule has 2 aliphatic heterocycles. The van der Waals surface area contributed by atoms with Crippen LogP contribution in [0.2, 0.25) is 0 Å². The number of sulfonamides is 1. The first kappa shape index (κ1) is 19.3. The van der Waals surface area contributed by atoms with Gasteiger partial charge in [0.25, 0.3) is 0 Å². The normalized spacial score (nSPS) is 25.0. The first-order valence-corrected chi connectivity index (χ1v) is 11.0. The van der Waals surface area contributed by atoms with Gasteiger partial charge >= 0.3 is 0 Å². The van der Waals surface area contributed by atoms with Crippen LogP contribution in [0.15, 0.2) is 29.2 Å². The summed E-state index contributed by atoms with van der Waals surface area (Å²) in [6.45, 7) is 5.35. The summed E-state index contributed by atoms with van der Waals surface area (Å²) in [5, 5.41) is 6.39. The standard InChI is InChI=1S/C19H29N3O3S/c1-15-6-8-18(9-7-15)26(24,25)22-11-3-5-17(14-22)19(23)21-13-16-4-2-10-20-12-16/h6-9,16-17,20H,2-5,10-14H2,1H3,(H,21,23). The molecule has 2 N–H and O–H groups in total. The number of carbonyl (C=O) groups is 1. The van der Waals surface area contributed by atoms with Gasteiger partial charge in [0.2, 0.25) is 15.9 Å². The summed E-state index contributed by atoms with van der Waals surface area (Å²) in [4.78, 5) is 12.8. The molecule has 3 rings (SSSR count). The van der Waals surface area contributed by atoms with E-state index < -0.39 is 10.0 Å². The van der Waals surface area contributed by atoms with Gasteiger partial charge in [-0.2, -0.15) is 4.31 Å². The quantitative estimate of drug-likeness (QED) is 0.813. The van der Waals surface area contributed by atoms with Gasteiger partial charge in [-0.1, -0.05) is 17.7 Å². The number of hydrogen-bond acceptors (Lipinski definition) is 4. The van der Waals surface area contributed by atoms with Crippen LogP contribution in [0.5, 0.6) is 0 Å². The number of amides is 1. The lowest BCUT2D eigenvalue weighted by molar-refractivity contribution is -0.126. The molecule has 2 atom stereocenters. The van der Waals surface area contributed by atoms with Crippen molar-refractivity contribution in [1.29, 1.82) is 0 Å². The van der Waals surface area contributed by atoms with Crippen molar-refractivity contribution >= 4 is 15.9 Å². The molecule has 7 heteroatoms. The molecule has 144 valence electrons. The average molecular weight is 380 g/mol. The number of hydrogen-bond donors (Lipinski definition) is 2. The molecule has 0 bridgehead atoms. The second kappa shape index (κ2) is 8.50. The average Bonchev–Trinajstić information content (AvgIpc) is 2.67. The fourth-order valence-electron chi connectivity index (χ4n) is 3.72. The van der Waals surface area contributed by atoms with E-state index in [1.165, 1.54) is 4.31 Å². The summed E-state index contributed by atoms with van der Waals surface area (Å²) in [5.41, 5.74) is 1.03. The van der Waals surface area contributed by atoms with Crippen molar-refractivity contribution in [3.05, 3.63) is 29.8 Å². The van der Waals surface area contributed by atoms with Gasteiger partial charge in [0, 0.05) is 19.6 Å². The molecule has 6 nitrogen and oxygen atoms in total. The van der Waals surface area contributed by atoms with Crippen LogP contribution in [0.25, 0.3) is 0 Å². The van der Waals surface area contributed by atoms with Crippen LogP contribution in [-0.4, -0.2) is 51.4 Å². The summed E-state index contributed by atoms with van der Waals surface area (Å²) >= 11 is 0. The third-order valence-electron chi connectivity index (χ3n) is 5.38. The largest absolute Gasteiger partial charge is 0.355 e. The summed E-state index contributed by atoms with van der Waals surface area (Å²) in [5.74, 6) is 0.198. The van der Waals surface area contributed by atoms with Gasteiger partial charge in [0.1, 0.15) is 0 Å². The molecule has 0 saturated carbocycles. The SMILES string of the molecule is Cc1ccc(S(=O)(=O)N2CCCC(C(=O)NCC3CCCNC3)C2)cc1. The van der Waals surface area contributed by atoms with Gasteiger partial charge in [-0.25, -0.2) is 8.42 Å². The fraction of sp³-hybridized carbons (Fsp3) is 0.632. The Bertz CT molecular complexity index is 712. The molecule has 2 heterocycles. The Morgan fingerprint density at radius 3 is 2.69 bits per heavy atom. The van der Waals surface area contributed by atoms with Crippen LogP contribution in [-0.2, 0) is 14.8 Å². The Morgan fingerprint density at radius 1 is 1.23 bits per heavy atom. The third-order valence-corrected chi connectivity index (χ3v) is 7.26. The highest BCUT2D eigenvalue weighted by Crippen LogP contribution is 2.24. The monoisotopic (exact) mass is 379 g/mol. The Morgan fingerprint density at radius 2 is 2.00 bits per heavy atom. The second-order valence-electron chi connectivity index (χ2n) is 7.47. The number of carbonyl (C=O) groups excluding carboxylic acids is 1. The summed E-state index contributed by atoms with van der Waals surface area (Å²) in [6, 6.07) is 6.90. The smallest absolute Gasteiger partial charge is 0.243 e. The van der Waals surface area contributed by atoms with Gasteiger partial charge in [0.15, 0.2) is 0 Å². The summed E-state index contributed by atoms with van der Waals surface area (Å²) < 4.78 is 27.2. The van der Waals surface area contributed by atoms with Crippen molar-refractivity contribution < 1.29 is 13.2 Å². The van der Waals surface area contributed by atoms with E-state index in [1.807, 2.05) is 6.92 Å². The van der Waals surface area contributed by atoms with Crippen LogP contribution in [0.1, 0.15) is 31.2 Å². The predicted molar refractivity (Wildman–Crippen MR) is 101 cm³/mol. The maximum Gasteiger partial charge on any atom is 0.243 e. The third kappa shape index (κ3) is 4.64. The van der Waals surface area contributed by atoms with Crippen LogP contribution in [0.4, 0.5) is 0 Å². The first-order chi connectivity index (χ1) is 12.5. The lowest BCUT2D eigenvalue weighted by atomic mass is 9.97. The predicted octanol–water partition coefficient (Wildman–Crippen LogP) is 1.51. The van der Waals surface area contributed by atoms with Crippen molar-refractivity contribution in [2.45, 2.75) is 37.5 Å². The van der Waals surface area contributed by atoms with Gasteiger partial charge in [0.05, 0.1) is 10.8 Å². The Balaban J connectivity index is 1.59. The van der Waals surface area contributed by atoms with E-state index in [9.17, 15) is 13.2 Å². The first-order valence-electron chi connectivity index (χ1n) is 9.52. The Kier molecular flexibility index (Phi) is 6.32. The van der Waals surface area contributed by atoms with Crippen molar-refractivity contribution in [3.63, 3.8) is 0 Å². The molecule has 1 aromatic carbocycles. The second-order valence-corrected chi connectivity index (χ2v) is 9.41. The van der Waals surface area contributed by atoms with E-state index in [0.717, 1.165) is 37.9 Å². The van der Waals surface area contributed by atoms with Crippen LogP contribution in [0.3, 0.4) is 0 Å². The molecule has 2 unspecified atom stereocenters. The van der Waals surface area contributed by atoms with Crippen LogP contribution in [0, 0.1) is 18.8 Å². The zero-order valence-corrected chi connectivity index (χ0v) is 16.2. The molecule has 2 fully saturated rings. The number of benzene rings is 1. The minimum atomic E-state index is -3.54.